The first kappa shape index (κ1) is 16.5. The molecule has 4 nitrogen and oxygen atoms in total. The third kappa shape index (κ3) is 4.83. The van der Waals surface area contributed by atoms with Crippen molar-refractivity contribution in [1.29, 1.82) is 0 Å². The second-order valence-electron chi connectivity index (χ2n) is 5.22. The molecule has 0 aliphatic heterocycles. The molecule has 0 aromatic carbocycles. The van der Waals surface area contributed by atoms with E-state index in [1.807, 2.05) is 13.0 Å². The summed E-state index contributed by atoms with van der Waals surface area (Å²) in [6.07, 6.45) is 4.89. The van der Waals surface area contributed by atoms with Crippen LogP contribution in [0.25, 0.3) is 0 Å². The van der Waals surface area contributed by atoms with Crippen LogP contribution in [0.15, 0.2) is 12.7 Å². The smallest absolute Gasteiger partial charge is 0.221 e. The molecule has 1 rings (SSSR count). The second kappa shape index (κ2) is 8.56. The maximum absolute atomic E-state index is 5.81. The molecule has 1 N–H and O–H groups in total. The molecule has 4 heteroatoms. The highest BCUT2D eigenvalue weighted by Gasteiger charge is 2.13. The van der Waals surface area contributed by atoms with Crippen LogP contribution in [0.2, 0.25) is 0 Å². The molecular formula is C16H27N3O. The summed E-state index contributed by atoms with van der Waals surface area (Å²) >= 11 is 0. The van der Waals surface area contributed by atoms with Crippen molar-refractivity contribution in [2.24, 2.45) is 0 Å². The van der Waals surface area contributed by atoms with E-state index in [-0.39, 0.29) is 5.92 Å². The molecule has 1 heterocycles. The molecule has 1 aromatic rings. The standard InChI is InChI=1S/C16H27N3O/c1-6-8-9-11-20-16-13(5)15(17-10-7-2)18-14(19-16)12(3)4/h6,12H,1,7-11H2,2-5H3,(H,17,18,19). The maximum Gasteiger partial charge on any atom is 0.221 e. The first-order chi connectivity index (χ1) is 9.60. The highest BCUT2D eigenvalue weighted by atomic mass is 16.5. The van der Waals surface area contributed by atoms with E-state index in [0.29, 0.717) is 12.5 Å². The molecule has 1 aromatic heterocycles. The van der Waals surface area contributed by atoms with Crippen LogP contribution < -0.4 is 10.1 Å². The molecule has 0 spiro atoms. The lowest BCUT2D eigenvalue weighted by atomic mass is 10.2. The van der Waals surface area contributed by atoms with E-state index in [0.717, 1.165) is 43.0 Å². The van der Waals surface area contributed by atoms with Crippen molar-refractivity contribution in [1.82, 2.24) is 9.97 Å². The van der Waals surface area contributed by atoms with Gasteiger partial charge in [-0.15, -0.1) is 6.58 Å². The number of nitrogens with zero attached hydrogens (tertiary/aromatic N) is 2. The summed E-state index contributed by atoms with van der Waals surface area (Å²) in [5.74, 6) is 2.71. The fraction of sp³-hybridized carbons (Fsp3) is 0.625. The van der Waals surface area contributed by atoms with Gasteiger partial charge < -0.3 is 10.1 Å². The lowest BCUT2D eigenvalue weighted by molar-refractivity contribution is 0.296. The number of nitrogens with one attached hydrogen (secondary N) is 1. The molecule has 0 saturated heterocycles. The number of hydrogen-bond acceptors (Lipinski definition) is 4. The summed E-state index contributed by atoms with van der Waals surface area (Å²) in [5.41, 5.74) is 0.987. The van der Waals surface area contributed by atoms with E-state index in [9.17, 15) is 0 Å². The Morgan fingerprint density at radius 1 is 1.35 bits per heavy atom. The third-order valence-electron chi connectivity index (χ3n) is 2.97. The number of aromatic nitrogens is 2. The Morgan fingerprint density at radius 2 is 2.10 bits per heavy atom. The van der Waals surface area contributed by atoms with Gasteiger partial charge in [-0.05, 0) is 26.2 Å². The minimum Gasteiger partial charge on any atom is -0.477 e. The quantitative estimate of drug-likeness (QED) is 0.546. The summed E-state index contributed by atoms with van der Waals surface area (Å²) < 4.78 is 5.81. The Hall–Kier alpha value is -1.58. The number of hydrogen-bond donors (Lipinski definition) is 1. The van der Waals surface area contributed by atoms with Crippen molar-refractivity contribution >= 4 is 5.82 Å². The summed E-state index contributed by atoms with van der Waals surface area (Å²) in [7, 11) is 0. The largest absolute Gasteiger partial charge is 0.477 e. The van der Waals surface area contributed by atoms with E-state index in [1.54, 1.807) is 0 Å². The predicted molar refractivity (Wildman–Crippen MR) is 84.6 cm³/mol. The zero-order chi connectivity index (χ0) is 15.0. The van der Waals surface area contributed by atoms with Gasteiger partial charge in [-0.25, -0.2) is 4.98 Å². The van der Waals surface area contributed by atoms with E-state index in [2.05, 4.69) is 42.6 Å². The molecule has 0 radical (unpaired) electrons. The molecule has 0 atom stereocenters. The van der Waals surface area contributed by atoms with Crippen molar-refractivity contribution in [2.45, 2.75) is 52.9 Å². The minimum absolute atomic E-state index is 0.285. The fourth-order valence-electron chi connectivity index (χ4n) is 1.72. The van der Waals surface area contributed by atoms with Gasteiger partial charge in [-0.2, -0.15) is 4.98 Å². The van der Waals surface area contributed by atoms with Crippen molar-refractivity contribution in [3.63, 3.8) is 0 Å². The molecule has 0 unspecified atom stereocenters. The van der Waals surface area contributed by atoms with Crippen LogP contribution in [0.5, 0.6) is 5.88 Å². The van der Waals surface area contributed by atoms with Crippen LogP contribution in [0.3, 0.4) is 0 Å². The Morgan fingerprint density at radius 3 is 2.70 bits per heavy atom. The summed E-state index contributed by atoms with van der Waals surface area (Å²) in [6.45, 7) is 13.6. The highest BCUT2D eigenvalue weighted by Crippen LogP contribution is 2.25. The molecule has 0 bridgehead atoms. The summed E-state index contributed by atoms with van der Waals surface area (Å²) in [6, 6.07) is 0. The van der Waals surface area contributed by atoms with E-state index >= 15 is 0 Å². The molecule has 0 aliphatic rings. The average Bonchev–Trinajstić information content (AvgIpc) is 2.43. The fourth-order valence-corrected chi connectivity index (χ4v) is 1.72. The van der Waals surface area contributed by atoms with Crippen molar-refractivity contribution in [2.75, 3.05) is 18.5 Å². The number of ether oxygens (including phenoxy) is 1. The maximum atomic E-state index is 5.81. The average molecular weight is 277 g/mol. The molecule has 20 heavy (non-hydrogen) atoms. The first-order valence-electron chi connectivity index (χ1n) is 7.46. The lowest BCUT2D eigenvalue weighted by Crippen LogP contribution is -2.11. The summed E-state index contributed by atoms with van der Waals surface area (Å²) in [4.78, 5) is 9.13. The van der Waals surface area contributed by atoms with E-state index < -0.39 is 0 Å². The minimum atomic E-state index is 0.285. The van der Waals surface area contributed by atoms with Crippen molar-refractivity contribution in [3.05, 3.63) is 24.0 Å². The molecule has 112 valence electrons. The van der Waals surface area contributed by atoms with Crippen LogP contribution in [0.1, 0.15) is 57.3 Å². The van der Waals surface area contributed by atoms with Crippen LogP contribution in [-0.4, -0.2) is 23.1 Å². The zero-order valence-electron chi connectivity index (χ0n) is 13.2. The van der Waals surface area contributed by atoms with Gasteiger partial charge in [0.15, 0.2) is 0 Å². The van der Waals surface area contributed by atoms with Crippen LogP contribution >= 0.6 is 0 Å². The van der Waals surface area contributed by atoms with Crippen LogP contribution in [-0.2, 0) is 0 Å². The van der Waals surface area contributed by atoms with Crippen molar-refractivity contribution in [3.8, 4) is 5.88 Å². The number of anilines is 1. The molecule has 0 saturated carbocycles. The van der Waals surface area contributed by atoms with Gasteiger partial charge in [0.1, 0.15) is 11.6 Å². The Kier molecular flexibility index (Phi) is 7.05. The third-order valence-corrected chi connectivity index (χ3v) is 2.97. The van der Waals surface area contributed by atoms with Gasteiger partial charge in [0.05, 0.1) is 12.2 Å². The SMILES string of the molecule is C=CCCCOc1nc(C(C)C)nc(NCCC)c1C. The van der Waals surface area contributed by atoms with Gasteiger partial charge >= 0.3 is 0 Å². The zero-order valence-corrected chi connectivity index (χ0v) is 13.2. The normalized spacial score (nSPS) is 10.7. The van der Waals surface area contributed by atoms with E-state index in [1.165, 1.54) is 0 Å². The first-order valence-corrected chi connectivity index (χ1v) is 7.46. The molecule has 0 fully saturated rings. The molecule has 0 aliphatic carbocycles. The Labute approximate surface area is 122 Å². The van der Waals surface area contributed by atoms with Gasteiger partial charge in [-0.3, -0.25) is 0 Å². The lowest BCUT2D eigenvalue weighted by Gasteiger charge is -2.15. The topological polar surface area (TPSA) is 47.0 Å². The van der Waals surface area contributed by atoms with Gasteiger partial charge in [-0.1, -0.05) is 26.8 Å². The van der Waals surface area contributed by atoms with Crippen LogP contribution in [0, 0.1) is 6.92 Å². The van der Waals surface area contributed by atoms with Gasteiger partial charge in [0.25, 0.3) is 0 Å². The summed E-state index contributed by atoms with van der Waals surface area (Å²) in [5, 5.41) is 3.35. The predicted octanol–water partition coefficient (Wildman–Crippen LogP) is 4.08. The molecular weight excluding hydrogens is 250 g/mol. The van der Waals surface area contributed by atoms with Crippen molar-refractivity contribution < 1.29 is 4.74 Å². The number of rotatable bonds is 9. The monoisotopic (exact) mass is 277 g/mol. The number of unbranched alkanes of at least 4 members (excludes halogenated alkanes) is 1. The van der Waals surface area contributed by atoms with E-state index in [4.69, 9.17) is 4.74 Å². The Balaban J connectivity index is 2.89. The van der Waals surface area contributed by atoms with Gasteiger partial charge in [0, 0.05) is 12.5 Å². The second-order valence-corrected chi connectivity index (χ2v) is 5.22. The highest BCUT2D eigenvalue weighted by molar-refractivity contribution is 5.48. The van der Waals surface area contributed by atoms with Gasteiger partial charge in [0.2, 0.25) is 5.88 Å². The molecule has 0 amide bonds. The number of allylic oxidation sites excluding steroid dienone is 1. The Bertz CT molecular complexity index is 430. The van der Waals surface area contributed by atoms with Crippen LogP contribution in [0.4, 0.5) is 5.82 Å².